The van der Waals surface area contributed by atoms with Gasteiger partial charge >= 0.3 is 5.97 Å². The average Bonchev–Trinajstić information content (AvgIpc) is 2.90. The lowest BCUT2D eigenvalue weighted by atomic mass is 9.66. The second kappa shape index (κ2) is 6.70. The van der Waals surface area contributed by atoms with Crippen LogP contribution in [0.2, 0.25) is 0 Å². The third-order valence-electron chi connectivity index (χ3n) is 4.66. The van der Waals surface area contributed by atoms with E-state index in [0.717, 1.165) is 19.3 Å². The zero-order chi connectivity index (χ0) is 17.1. The van der Waals surface area contributed by atoms with E-state index in [9.17, 15) is 14.7 Å². The number of hydrogen-bond donors (Lipinski definition) is 2. The number of anilines is 1. The summed E-state index contributed by atoms with van der Waals surface area (Å²) in [7, 11) is 0. The minimum absolute atomic E-state index is 0.0314. The van der Waals surface area contributed by atoms with Crippen LogP contribution in [0.15, 0.2) is 12.4 Å². The molecular weight excluding hydrogens is 298 g/mol. The molecule has 0 saturated heterocycles. The lowest BCUT2D eigenvalue weighted by molar-refractivity contribution is -0.146. The van der Waals surface area contributed by atoms with Crippen LogP contribution in [0.5, 0.6) is 0 Å². The molecule has 0 unspecified atom stereocenters. The van der Waals surface area contributed by atoms with Gasteiger partial charge in [0.2, 0.25) is 5.91 Å². The summed E-state index contributed by atoms with van der Waals surface area (Å²) in [5.41, 5.74) is -1.00. The minimum Gasteiger partial charge on any atom is -0.479 e. The van der Waals surface area contributed by atoms with Gasteiger partial charge in [0.25, 0.3) is 0 Å². The molecule has 1 fully saturated rings. The number of rotatable bonds is 8. The Hall–Kier alpha value is -1.89. The molecule has 7 nitrogen and oxygen atoms in total. The topological polar surface area (TPSA) is 93.5 Å². The molecule has 0 spiro atoms. The van der Waals surface area contributed by atoms with E-state index in [1.807, 2.05) is 6.92 Å². The Bertz CT molecular complexity index is 576. The van der Waals surface area contributed by atoms with Crippen molar-refractivity contribution in [2.24, 2.45) is 5.41 Å². The summed E-state index contributed by atoms with van der Waals surface area (Å²) in [6.45, 7) is 6.28. The maximum Gasteiger partial charge on any atom is 0.331 e. The van der Waals surface area contributed by atoms with Crippen LogP contribution >= 0.6 is 0 Å². The molecule has 1 aromatic heterocycles. The number of nitrogens with zero attached hydrogens (tertiary/aromatic N) is 2. The summed E-state index contributed by atoms with van der Waals surface area (Å²) in [5, 5.41) is 16.2. The first-order valence-electron chi connectivity index (χ1n) is 7.99. The van der Waals surface area contributed by atoms with Gasteiger partial charge in [0.15, 0.2) is 5.54 Å². The van der Waals surface area contributed by atoms with Crippen molar-refractivity contribution in [1.29, 1.82) is 0 Å². The first-order chi connectivity index (χ1) is 10.8. The number of carboxylic acid groups (broad SMARTS) is 1. The van der Waals surface area contributed by atoms with Crippen molar-refractivity contribution in [1.82, 2.24) is 9.78 Å². The standard InChI is InChI=1S/C16H25N3O4/c1-4-23-9-8-16(6-5-7-16)13(20)18-12-10-17-19(11-12)15(2,3)14(21)22/h10-11H,4-9H2,1-3H3,(H,18,20)(H,21,22). The maximum atomic E-state index is 12.6. The number of ether oxygens (including phenoxy) is 1. The van der Waals surface area contributed by atoms with Crippen molar-refractivity contribution in [3.05, 3.63) is 12.4 Å². The molecule has 1 amide bonds. The smallest absolute Gasteiger partial charge is 0.331 e. The fourth-order valence-electron chi connectivity index (χ4n) is 2.66. The Morgan fingerprint density at radius 2 is 2.17 bits per heavy atom. The molecule has 1 aromatic rings. The SMILES string of the molecule is CCOCCC1(C(=O)Nc2cnn(C(C)(C)C(=O)O)c2)CCC1. The van der Waals surface area contributed by atoms with Crippen LogP contribution in [-0.4, -0.2) is 40.0 Å². The Kier molecular flexibility index (Phi) is 5.09. The number of carboxylic acids is 1. The van der Waals surface area contributed by atoms with Gasteiger partial charge in [-0.25, -0.2) is 4.79 Å². The predicted octanol–water partition coefficient (Wildman–Crippen LogP) is 2.24. The van der Waals surface area contributed by atoms with Crippen LogP contribution in [0.3, 0.4) is 0 Å². The fraction of sp³-hybridized carbons (Fsp3) is 0.688. The van der Waals surface area contributed by atoms with E-state index < -0.39 is 11.5 Å². The van der Waals surface area contributed by atoms with Crippen molar-refractivity contribution >= 4 is 17.6 Å². The van der Waals surface area contributed by atoms with Gasteiger partial charge in [-0.05, 0) is 40.0 Å². The molecule has 7 heteroatoms. The molecule has 0 aromatic carbocycles. The van der Waals surface area contributed by atoms with Crippen molar-refractivity contribution in [3.63, 3.8) is 0 Å². The minimum atomic E-state index is -1.16. The first-order valence-corrected chi connectivity index (χ1v) is 7.99. The lowest BCUT2D eigenvalue weighted by Gasteiger charge is -2.40. The number of aromatic nitrogens is 2. The fourth-order valence-corrected chi connectivity index (χ4v) is 2.66. The van der Waals surface area contributed by atoms with Gasteiger partial charge in [-0.15, -0.1) is 0 Å². The predicted molar refractivity (Wildman–Crippen MR) is 85.2 cm³/mol. The molecule has 0 bridgehead atoms. The zero-order valence-electron chi connectivity index (χ0n) is 14.0. The molecule has 1 aliphatic rings. The van der Waals surface area contributed by atoms with Crippen LogP contribution in [0.1, 0.15) is 46.5 Å². The van der Waals surface area contributed by atoms with Gasteiger partial charge < -0.3 is 15.2 Å². The quantitative estimate of drug-likeness (QED) is 0.716. The van der Waals surface area contributed by atoms with Crippen molar-refractivity contribution < 1.29 is 19.4 Å². The molecule has 23 heavy (non-hydrogen) atoms. The summed E-state index contributed by atoms with van der Waals surface area (Å²) in [4.78, 5) is 23.8. The van der Waals surface area contributed by atoms with Crippen molar-refractivity contribution in [2.45, 2.75) is 52.0 Å². The van der Waals surface area contributed by atoms with E-state index in [-0.39, 0.29) is 11.3 Å². The van der Waals surface area contributed by atoms with E-state index in [1.165, 1.54) is 10.9 Å². The highest BCUT2D eigenvalue weighted by molar-refractivity contribution is 5.95. The number of carbonyl (C=O) groups excluding carboxylic acids is 1. The Morgan fingerprint density at radius 3 is 2.70 bits per heavy atom. The second-order valence-corrected chi connectivity index (χ2v) is 6.57. The number of nitrogens with one attached hydrogen (secondary N) is 1. The van der Waals surface area contributed by atoms with E-state index in [0.29, 0.717) is 25.3 Å². The van der Waals surface area contributed by atoms with E-state index in [2.05, 4.69) is 10.4 Å². The van der Waals surface area contributed by atoms with Gasteiger partial charge in [0.05, 0.1) is 17.3 Å². The Morgan fingerprint density at radius 1 is 1.48 bits per heavy atom. The normalized spacial score (nSPS) is 16.7. The largest absolute Gasteiger partial charge is 0.479 e. The molecule has 0 aliphatic heterocycles. The van der Waals surface area contributed by atoms with E-state index >= 15 is 0 Å². The number of carbonyl (C=O) groups is 2. The molecule has 1 saturated carbocycles. The summed E-state index contributed by atoms with van der Waals surface area (Å²) >= 11 is 0. The third-order valence-corrected chi connectivity index (χ3v) is 4.66. The molecule has 0 radical (unpaired) electrons. The molecule has 0 atom stereocenters. The van der Waals surface area contributed by atoms with Crippen LogP contribution in [0.4, 0.5) is 5.69 Å². The molecule has 1 aliphatic carbocycles. The first kappa shape index (κ1) is 17.5. The van der Waals surface area contributed by atoms with Gasteiger partial charge in [0.1, 0.15) is 0 Å². The summed E-state index contributed by atoms with van der Waals surface area (Å²) in [6.07, 6.45) is 6.52. The Balaban J connectivity index is 2.03. The van der Waals surface area contributed by atoms with Gasteiger partial charge in [-0.1, -0.05) is 6.42 Å². The highest BCUT2D eigenvalue weighted by atomic mass is 16.5. The van der Waals surface area contributed by atoms with E-state index in [4.69, 9.17) is 4.74 Å². The summed E-state index contributed by atoms with van der Waals surface area (Å²) < 4.78 is 6.72. The van der Waals surface area contributed by atoms with E-state index in [1.54, 1.807) is 20.0 Å². The van der Waals surface area contributed by atoms with Crippen molar-refractivity contribution in [3.8, 4) is 0 Å². The molecule has 1 heterocycles. The Labute approximate surface area is 136 Å². The number of aliphatic carboxylic acids is 1. The van der Waals surface area contributed by atoms with Crippen LogP contribution in [0.25, 0.3) is 0 Å². The second-order valence-electron chi connectivity index (χ2n) is 6.57. The van der Waals surface area contributed by atoms with Crippen molar-refractivity contribution in [2.75, 3.05) is 18.5 Å². The molecular formula is C16H25N3O4. The van der Waals surface area contributed by atoms with Crippen LogP contribution in [-0.2, 0) is 19.9 Å². The maximum absolute atomic E-state index is 12.6. The summed E-state index contributed by atoms with van der Waals surface area (Å²) in [6, 6.07) is 0. The van der Waals surface area contributed by atoms with Gasteiger partial charge in [-0.2, -0.15) is 5.10 Å². The average molecular weight is 323 g/mol. The third kappa shape index (κ3) is 3.55. The highest BCUT2D eigenvalue weighted by Crippen LogP contribution is 2.44. The van der Waals surface area contributed by atoms with Gasteiger partial charge in [0, 0.05) is 19.4 Å². The zero-order valence-corrected chi connectivity index (χ0v) is 14.0. The van der Waals surface area contributed by atoms with Crippen LogP contribution in [0, 0.1) is 5.41 Å². The lowest BCUT2D eigenvalue weighted by Crippen LogP contribution is -2.42. The molecule has 2 N–H and O–H groups in total. The van der Waals surface area contributed by atoms with Gasteiger partial charge in [-0.3, -0.25) is 9.48 Å². The highest BCUT2D eigenvalue weighted by Gasteiger charge is 2.43. The number of amides is 1. The molecule has 128 valence electrons. The summed E-state index contributed by atoms with van der Waals surface area (Å²) in [5.74, 6) is -1.01. The monoisotopic (exact) mass is 323 g/mol. The molecule has 2 rings (SSSR count). The van der Waals surface area contributed by atoms with Crippen LogP contribution < -0.4 is 5.32 Å². The number of hydrogen-bond acceptors (Lipinski definition) is 4.